The lowest BCUT2D eigenvalue weighted by molar-refractivity contribution is -0.173. The van der Waals surface area contributed by atoms with Gasteiger partial charge < -0.3 is 5.32 Å². The third-order valence-corrected chi connectivity index (χ3v) is 2.57. The van der Waals surface area contributed by atoms with Crippen molar-refractivity contribution in [3.8, 4) is 0 Å². The first-order chi connectivity index (χ1) is 8.29. The third kappa shape index (κ3) is 4.77. The predicted molar refractivity (Wildman–Crippen MR) is 63.1 cm³/mol. The Balaban J connectivity index is 2.40. The topological polar surface area (TPSA) is 29.1 Å². The molecule has 0 aliphatic heterocycles. The molecule has 1 unspecified atom stereocenters. The molecule has 1 N–H and O–H groups in total. The number of hydrogen-bond acceptors (Lipinski definition) is 1. The molecule has 18 heavy (non-hydrogen) atoms. The van der Waals surface area contributed by atoms with Crippen molar-refractivity contribution in [2.45, 2.75) is 26.4 Å². The summed E-state index contributed by atoms with van der Waals surface area (Å²) in [5.74, 6) is -1.92. The number of aryl methyl sites for hydroxylation is 1. The van der Waals surface area contributed by atoms with Gasteiger partial charge in [-0.15, -0.1) is 0 Å². The van der Waals surface area contributed by atoms with Crippen LogP contribution < -0.4 is 5.32 Å². The lowest BCUT2D eigenvalue weighted by Crippen LogP contribution is -2.39. The SMILES string of the molecule is Cc1ccc(CC(C)CNC(=O)C(F)(F)F)cc1. The number of carbonyl (C=O) groups is 1. The largest absolute Gasteiger partial charge is 0.471 e. The van der Waals surface area contributed by atoms with Crippen LogP contribution in [0.3, 0.4) is 0 Å². The van der Waals surface area contributed by atoms with Crippen LogP contribution in [0, 0.1) is 12.8 Å². The van der Waals surface area contributed by atoms with E-state index in [-0.39, 0.29) is 12.5 Å². The van der Waals surface area contributed by atoms with Crippen LogP contribution in [0.2, 0.25) is 0 Å². The van der Waals surface area contributed by atoms with E-state index >= 15 is 0 Å². The van der Waals surface area contributed by atoms with Gasteiger partial charge in [0.2, 0.25) is 0 Å². The standard InChI is InChI=1S/C13H16F3NO/c1-9-3-5-11(6-4-9)7-10(2)8-17-12(18)13(14,15)16/h3-6,10H,7-8H2,1-2H3,(H,17,18). The van der Waals surface area contributed by atoms with Crippen LogP contribution in [0.4, 0.5) is 13.2 Å². The highest BCUT2D eigenvalue weighted by atomic mass is 19.4. The molecule has 0 saturated heterocycles. The number of alkyl halides is 3. The maximum Gasteiger partial charge on any atom is 0.471 e. The molecule has 0 heterocycles. The fraction of sp³-hybridized carbons (Fsp3) is 0.462. The Kier molecular flexibility index (Phi) is 4.76. The molecule has 5 heteroatoms. The predicted octanol–water partition coefficient (Wildman–Crippen LogP) is 2.85. The van der Waals surface area contributed by atoms with Crippen LogP contribution in [-0.2, 0) is 11.2 Å². The maximum atomic E-state index is 12.0. The minimum absolute atomic E-state index is 0.0201. The second-order valence-corrected chi connectivity index (χ2v) is 4.50. The highest BCUT2D eigenvalue weighted by Crippen LogP contribution is 2.15. The molecule has 0 bridgehead atoms. The monoisotopic (exact) mass is 259 g/mol. The van der Waals surface area contributed by atoms with Gasteiger partial charge in [-0.3, -0.25) is 4.79 Å². The maximum absolute atomic E-state index is 12.0. The molecular formula is C13H16F3NO. The molecule has 0 fully saturated rings. The van der Waals surface area contributed by atoms with Gasteiger partial charge in [-0.1, -0.05) is 36.8 Å². The first-order valence-electron chi connectivity index (χ1n) is 5.69. The van der Waals surface area contributed by atoms with Crippen molar-refractivity contribution in [3.63, 3.8) is 0 Å². The Morgan fingerprint density at radius 1 is 1.28 bits per heavy atom. The van der Waals surface area contributed by atoms with Crippen LogP contribution in [0.5, 0.6) is 0 Å². The summed E-state index contributed by atoms with van der Waals surface area (Å²) in [5.41, 5.74) is 2.19. The molecule has 0 radical (unpaired) electrons. The molecular weight excluding hydrogens is 243 g/mol. The fourth-order valence-electron chi connectivity index (χ4n) is 1.57. The van der Waals surface area contributed by atoms with Crippen molar-refractivity contribution in [1.29, 1.82) is 0 Å². The van der Waals surface area contributed by atoms with E-state index < -0.39 is 12.1 Å². The summed E-state index contributed by atoms with van der Waals surface area (Å²) in [6.07, 6.45) is -4.16. The fourth-order valence-corrected chi connectivity index (χ4v) is 1.57. The highest BCUT2D eigenvalue weighted by molar-refractivity contribution is 5.81. The quantitative estimate of drug-likeness (QED) is 0.885. The lowest BCUT2D eigenvalue weighted by Gasteiger charge is -2.14. The first-order valence-corrected chi connectivity index (χ1v) is 5.69. The molecule has 0 aliphatic rings. The van der Waals surface area contributed by atoms with Crippen LogP contribution in [0.25, 0.3) is 0 Å². The molecule has 100 valence electrons. The second-order valence-electron chi connectivity index (χ2n) is 4.50. The molecule has 2 nitrogen and oxygen atoms in total. The van der Waals surface area contributed by atoms with Crippen molar-refractivity contribution < 1.29 is 18.0 Å². The van der Waals surface area contributed by atoms with Crippen molar-refractivity contribution in [1.82, 2.24) is 5.32 Å². The molecule has 1 atom stereocenters. The summed E-state index contributed by atoms with van der Waals surface area (Å²) in [4.78, 5) is 10.6. The number of amides is 1. The Morgan fingerprint density at radius 2 is 1.83 bits per heavy atom. The average molecular weight is 259 g/mol. The Hall–Kier alpha value is -1.52. The van der Waals surface area contributed by atoms with Gasteiger partial charge in [0.15, 0.2) is 0 Å². The molecule has 1 aromatic carbocycles. The average Bonchev–Trinajstić information content (AvgIpc) is 2.28. The van der Waals surface area contributed by atoms with Gasteiger partial charge in [-0.2, -0.15) is 13.2 Å². The van der Waals surface area contributed by atoms with Gasteiger partial charge in [-0.05, 0) is 24.8 Å². The van der Waals surface area contributed by atoms with Crippen molar-refractivity contribution >= 4 is 5.91 Å². The summed E-state index contributed by atoms with van der Waals surface area (Å²) >= 11 is 0. The summed E-state index contributed by atoms with van der Waals surface area (Å²) < 4.78 is 35.9. The zero-order valence-electron chi connectivity index (χ0n) is 10.3. The number of hydrogen-bond donors (Lipinski definition) is 1. The Labute approximate surface area is 104 Å². The number of carbonyl (C=O) groups excluding carboxylic acids is 1. The summed E-state index contributed by atoms with van der Waals surface area (Å²) in [5, 5.41) is 1.89. The zero-order chi connectivity index (χ0) is 13.8. The van der Waals surface area contributed by atoms with Gasteiger partial charge in [0.05, 0.1) is 0 Å². The van der Waals surface area contributed by atoms with Crippen LogP contribution >= 0.6 is 0 Å². The van der Waals surface area contributed by atoms with Crippen molar-refractivity contribution in [3.05, 3.63) is 35.4 Å². The number of benzene rings is 1. The number of rotatable bonds is 4. The summed E-state index contributed by atoms with van der Waals surface area (Å²) in [7, 11) is 0. The molecule has 1 aromatic rings. The van der Waals surface area contributed by atoms with Gasteiger partial charge in [-0.25, -0.2) is 0 Å². The van der Waals surface area contributed by atoms with Gasteiger partial charge in [0, 0.05) is 6.54 Å². The molecule has 0 aliphatic carbocycles. The molecule has 0 spiro atoms. The third-order valence-electron chi connectivity index (χ3n) is 2.57. The van der Waals surface area contributed by atoms with Crippen LogP contribution in [0.1, 0.15) is 18.1 Å². The van der Waals surface area contributed by atoms with E-state index in [1.807, 2.05) is 36.5 Å². The van der Waals surface area contributed by atoms with E-state index in [0.717, 1.165) is 11.1 Å². The Bertz CT molecular complexity index is 398. The smallest absolute Gasteiger partial charge is 0.348 e. The molecule has 1 rings (SSSR count). The lowest BCUT2D eigenvalue weighted by atomic mass is 10.0. The van der Waals surface area contributed by atoms with Crippen LogP contribution in [0.15, 0.2) is 24.3 Å². The summed E-state index contributed by atoms with van der Waals surface area (Å²) in [6.45, 7) is 3.79. The van der Waals surface area contributed by atoms with E-state index in [9.17, 15) is 18.0 Å². The first kappa shape index (κ1) is 14.5. The van der Waals surface area contributed by atoms with Crippen LogP contribution in [-0.4, -0.2) is 18.6 Å². The van der Waals surface area contributed by atoms with E-state index in [2.05, 4.69) is 0 Å². The normalized spacial score (nSPS) is 13.2. The minimum atomic E-state index is -4.80. The zero-order valence-corrected chi connectivity index (χ0v) is 10.3. The van der Waals surface area contributed by atoms with E-state index in [1.165, 1.54) is 0 Å². The number of halogens is 3. The second kappa shape index (κ2) is 5.89. The van der Waals surface area contributed by atoms with E-state index in [1.54, 1.807) is 6.92 Å². The Morgan fingerprint density at radius 3 is 2.33 bits per heavy atom. The summed E-state index contributed by atoms with van der Waals surface area (Å²) in [6, 6.07) is 7.79. The van der Waals surface area contributed by atoms with Gasteiger partial charge >= 0.3 is 12.1 Å². The molecule has 0 saturated carbocycles. The molecule has 0 aromatic heterocycles. The van der Waals surface area contributed by atoms with E-state index in [0.29, 0.717) is 6.42 Å². The molecule has 1 amide bonds. The van der Waals surface area contributed by atoms with Gasteiger partial charge in [0.25, 0.3) is 0 Å². The van der Waals surface area contributed by atoms with Crippen molar-refractivity contribution in [2.75, 3.05) is 6.54 Å². The number of nitrogens with one attached hydrogen (secondary N) is 1. The van der Waals surface area contributed by atoms with E-state index in [4.69, 9.17) is 0 Å². The minimum Gasteiger partial charge on any atom is -0.348 e. The van der Waals surface area contributed by atoms with Gasteiger partial charge in [0.1, 0.15) is 0 Å². The highest BCUT2D eigenvalue weighted by Gasteiger charge is 2.38. The van der Waals surface area contributed by atoms with Crippen molar-refractivity contribution in [2.24, 2.45) is 5.92 Å².